The Morgan fingerprint density at radius 3 is 2.65 bits per heavy atom. The molecule has 0 unspecified atom stereocenters. The third-order valence-electron chi connectivity index (χ3n) is 3.62. The molecule has 0 bridgehead atoms. The fraction of sp³-hybridized carbons (Fsp3) is 0.462. The molecule has 7 heteroatoms. The lowest BCUT2D eigenvalue weighted by atomic mass is 9.96. The second-order valence-electron chi connectivity index (χ2n) is 4.89. The van der Waals surface area contributed by atoms with Crippen LogP contribution >= 0.6 is 11.6 Å². The van der Waals surface area contributed by atoms with Crippen LogP contribution in [0.3, 0.4) is 0 Å². The van der Waals surface area contributed by atoms with Crippen LogP contribution in [0.15, 0.2) is 18.2 Å². The lowest BCUT2D eigenvalue weighted by Crippen LogP contribution is -2.40. The molecule has 2 N–H and O–H groups in total. The van der Waals surface area contributed by atoms with Crippen LogP contribution < -0.4 is 5.73 Å². The van der Waals surface area contributed by atoms with E-state index in [0.717, 1.165) is 12.8 Å². The van der Waals surface area contributed by atoms with Crippen molar-refractivity contribution in [3.8, 4) is 0 Å². The van der Waals surface area contributed by atoms with Gasteiger partial charge in [0.15, 0.2) is 0 Å². The van der Waals surface area contributed by atoms with E-state index in [1.54, 1.807) is 4.90 Å². The van der Waals surface area contributed by atoms with Crippen LogP contribution in [0.2, 0.25) is 5.02 Å². The lowest BCUT2D eigenvalue weighted by Gasteiger charge is -2.31. The number of nitro groups is 1. The largest absolute Gasteiger partial charge is 0.338 e. The van der Waals surface area contributed by atoms with E-state index < -0.39 is 4.92 Å². The summed E-state index contributed by atoms with van der Waals surface area (Å²) in [6, 6.07) is 4.12. The van der Waals surface area contributed by atoms with Crippen LogP contribution in [0, 0.1) is 16.0 Å². The fourth-order valence-electron chi connectivity index (χ4n) is 2.38. The summed E-state index contributed by atoms with van der Waals surface area (Å²) in [5, 5.41) is 11.3. The Morgan fingerprint density at radius 2 is 2.10 bits per heavy atom. The van der Waals surface area contributed by atoms with Gasteiger partial charge >= 0.3 is 0 Å². The van der Waals surface area contributed by atoms with Crippen LogP contribution in [-0.2, 0) is 0 Å². The Hall–Kier alpha value is -1.66. The number of amides is 1. The molecule has 0 aromatic heterocycles. The van der Waals surface area contributed by atoms with Crippen molar-refractivity contribution in [2.45, 2.75) is 12.8 Å². The summed E-state index contributed by atoms with van der Waals surface area (Å²) in [7, 11) is 0. The Kier molecular flexibility index (Phi) is 4.57. The van der Waals surface area contributed by atoms with E-state index in [1.807, 2.05) is 0 Å². The van der Waals surface area contributed by atoms with Crippen LogP contribution in [0.1, 0.15) is 23.2 Å². The molecular weight excluding hydrogens is 282 g/mol. The predicted octanol–water partition coefficient (Wildman–Crippen LogP) is 2.06. The van der Waals surface area contributed by atoms with Gasteiger partial charge in [0.25, 0.3) is 11.6 Å². The summed E-state index contributed by atoms with van der Waals surface area (Å²) in [5.74, 6) is 0.114. The Balaban J connectivity index is 2.19. The van der Waals surface area contributed by atoms with Crippen molar-refractivity contribution in [3.05, 3.63) is 38.9 Å². The van der Waals surface area contributed by atoms with Crippen LogP contribution in [0.5, 0.6) is 0 Å². The van der Waals surface area contributed by atoms with Gasteiger partial charge < -0.3 is 10.6 Å². The molecule has 108 valence electrons. The average Bonchev–Trinajstić information content (AvgIpc) is 2.46. The maximum absolute atomic E-state index is 12.4. The van der Waals surface area contributed by atoms with Gasteiger partial charge in [-0.15, -0.1) is 0 Å². The highest BCUT2D eigenvalue weighted by atomic mass is 35.5. The molecule has 0 atom stereocenters. The Bertz CT molecular complexity index is 528. The smallest absolute Gasteiger partial charge is 0.283 e. The van der Waals surface area contributed by atoms with Gasteiger partial charge in [0.2, 0.25) is 0 Å². The number of nitro benzene ring substituents is 1. The van der Waals surface area contributed by atoms with Crippen molar-refractivity contribution in [1.29, 1.82) is 0 Å². The number of benzene rings is 1. The summed E-state index contributed by atoms with van der Waals surface area (Å²) in [6.45, 7) is 1.78. The summed E-state index contributed by atoms with van der Waals surface area (Å²) in [4.78, 5) is 24.5. The maximum Gasteiger partial charge on any atom is 0.283 e. The van der Waals surface area contributed by atoms with E-state index in [0.29, 0.717) is 25.6 Å². The molecule has 0 aliphatic carbocycles. The maximum atomic E-state index is 12.4. The number of carbonyl (C=O) groups excluding carboxylic acids is 1. The van der Waals surface area contributed by atoms with E-state index in [1.165, 1.54) is 18.2 Å². The highest BCUT2D eigenvalue weighted by Gasteiger charge is 2.27. The van der Waals surface area contributed by atoms with Gasteiger partial charge in [-0.05, 0) is 37.4 Å². The van der Waals surface area contributed by atoms with E-state index >= 15 is 0 Å². The zero-order valence-corrected chi connectivity index (χ0v) is 11.7. The van der Waals surface area contributed by atoms with Gasteiger partial charge in [-0.3, -0.25) is 14.9 Å². The monoisotopic (exact) mass is 297 g/mol. The normalized spacial score (nSPS) is 16.2. The summed E-state index contributed by atoms with van der Waals surface area (Å²) in [5.41, 5.74) is 5.45. The molecule has 0 radical (unpaired) electrons. The first kappa shape index (κ1) is 14.7. The number of nitrogens with two attached hydrogens (primary N) is 1. The van der Waals surface area contributed by atoms with Crippen LogP contribution in [0.4, 0.5) is 5.69 Å². The third kappa shape index (κ3) is 3.08. The zero-order valence-electron chi connectivity index (χ0n) is 10.9. The lowest BCUT2D eigenvalue weighted by molar-refractivity contribution is -0.385. The molecule has 6 nitrogen and oxygen atoms in total. The second-order valence-corrected chi connectivity index (χ2v) is 5.33. The van der Waals surface area contributed by atoms with Crippen LogP contribution in [0.25, 0.3) is 0 Å². The van der Waals surface area contributed by atoms with Gasteiger partial charge in [-0.2, -0.15) is 0 Å². The molecule has 2 rings (SSSR count). The molecule has 1 heterocycles. The SMILES string of the molecule is NCC1CCN(C(=O)c2ccc(Cl)cc2[N+](=O)[O-])CC1. The topological polar surface area (TPSA) is 89.5 Å². The van der Waals surface area contributed by atoms with E-state index in [-0.39, 0.29) is 22.2 Å². The molecule has 20 heavy (non-hydrogen) atoms. The molecule has 1 aliphatic heterocycles. The summed E-state index contributed by atoms with van der Waals surface area (Å²) in [6.07, 6.45) is 1.67. The van der Waals surface area contributed by atoms with Crippen molar-refractivity contribution in [2.24, 2.45) is 11.7 Å². The van der Waals surface area contributed by atoms with Gasteiger partial charge in [-0.1, -0.05) is 11.6 Å². The minimum Gasteiger partial charge on any atom is -0.338 e. The van der Waals surface area contributed by atoms with E-state index in [2.05, 4.69) is 0 Å². The predicted molar refractivity (Wildman–Crippen MR) is 75.8 cm³/mol. The number of hydrogen-bond acceptors (Lipinski definition) is 4. The minimum absolute atomic E-state index is 0.0885. The number of rotatable bonds is 3. The highest BCUT2D eigenvalue weighted by Crippen LogP contribution is 2.26. The Morgan fingerprint density at radius 1 is 1.45 bits per heavy atom. The van der Waals surface area contributed by atoms with Gasteiger partial charge in [0, 0.05) is 24.2 Å². The van der Waals surface area contributed by atoms with Crippen LogP contribution in [-0.4, -0.2) is 35.4 Å². The number of halogens is 1. The molecule has 1 aromatic rings. The van der Waals surface area contributed by atoms with Crippen molar-refractivity contribution < 1.29 is 9.72 Å². The molecule has 1 saturated heterocycles. The minimum atomic E-state index is -0.578. The third-order valence-corrected chi connectivity index (χ3v) is 3.86. The first-order valence-electron chi connectivity index (χ1n) is 6.46. The van der Waals surface area contributed by atoms with E-state index in [4.69, 9.17) is 17.3 Å². The average molecular weight is 298 g/mol. The van der Waals surface area contributed by atoms with Crippen molar-refractivity contribution in [2.75, 3.05) is 19.6 Å². The highest BCUT2D eigenvalue weighted by molar-refractivity contribution is 6.31. The zero-order chi connectivity index (χ0) is 14.7. The molecular formula is C13H16ClN3O3. The molecule has 1 aliphatic rings. The molecule has 0 spiro atoms. The number of piperidine rings is 1. The number of likely N-dealkylation sites (tertiary alicyclic amines) is 1. The quantitative estimate of drug-likeness (QED) is 0.683. The first-order valence-corrected chi connectivity index (χ1v) is 6.84. The standard InChI is InChI=1S/C13H16ClN3O3/c14-10-1-2-11(12(7-10)17(19)20)13(18)16-5-3-9(8-15)4-6-16/h1-2,7,9H,3-6,8,15H2. The Labute approximate surface area is 121 Å². The van der Waals surface area contributed by atoms with Gasteiger partial charge in [0.1, 0.15) is 5.56 Å². The van der Waals surface area contributed by atoms with Crippen molar-refractivity contribution in [3.63, 3.8) is 0 Å². The number of nitrogens with zero attached hydrogens (tertiary/aromatic N) is 2. The van der Waals surface area contributed by atoms with Gasteiger partial charge in [0.05, 0.1) is 4.92 Å². The number of carbonyl (C=O) groups is 1. The van der Waals surface area contributed by atoms with Crippen molar-refractivity contribution >= 4 is 23.2 Å². The molecule has 0 saturated carbocycles. The molecule has 1 amide bonds. The first-order chi connectivity index (χ1) is 9.52. The molecule has 1 fully saturated rings. The molecule has 1 aromatic carbocycles. The summed E-state index contributed by atoms with van der Waals surface area (Å²) >= 11 is 5.75. The van der Waals surface area contributed by atoms with Gasteiger partial charge in [-0.25, -0.2) is 0 Å². The second kappa shape index (κ2) is 6.19. The fourth-order valence-corrected chi connectivity index (χ4v) is 2.55. The number of hydrogen-bond donors (Lipinski definition) is 1. The van der Waals surface area contributed by atoms with E-state index in [9.17, 15) is 14.9 Å². The summed E-state index contributed by atoms with van der Waals surface area (Å²) < 4.78 is 0. The van der Waals surface area contributed by atoms with Crippen molar-refractivity contribution in [1.82, 2.24) is 4.90 Å².